The summed E-state index contributed by atoms with van der Waals surface area (Å²) in [6, 6.07) is 6.82. The van der Waals surface area contributed by atoms with Gasteiger partial charge in [-0.05, 0) is 44.4 Å². The molecule has 1 aromatic carbocycles. The van der Waals surface area contributed by atoms with E-state index in [1.54, 1.807) is 36.1 Å². The van der Waals surface area contributed by atoms with Crippen LogP contribution in [0.1, 0.15) is 32.6 Å². The number of hydrogen-bond acceptors (Lipinski definition) is 3. The number of hydrogen-bond donors (Lipinski definition) is 1. The molecule has 0 bridgehead atoms. The SMILES string of the molecule is C[C@@H](Oc1cccc(Cl)c1)C(=O)N1CCCC[C@H]1CC(N)=O. The Morgan fingerprint density at radius 2 is 2.23 bits per heavy atom. The maximum absolute atomic E-state index is 12.6. The van der Waals surface area contributed by atoms with Crippen molar-refractivity contribution in [2.75, 3.05) is 6.54 Å². The van der Waals surface area contributed by atoms with E-state index < -0.39 is 6.10 Å². The van der Waals surface area contributed by atoms with Gasteiger partial charge in [0.25, 0.3) is 5.91 Å². The first kappa shape index (κ1) is 16.6. The summed E-state index contributed by atoms with van der Waals surface area (Å²) >= 11 is 5.91. The van der Waals surface area contributed by atoms with E-state index in [1.807, 2.05) is 0 Å². The second-order valence-corrected chi connectivity index (χ2v) is 6.01. The van der Waals surface area contributed by atoms with Crippen LogP contribution in [0.5, 0.6) is 5.75 Å². The largest absolute Gasteiger partial charge is 0.481 e. The van der Waals surface area contributed by atoms with Gasteiger partial charge >= 0.3 is 0 Å². The minimum absolute atomic E-state index is 0.120. The second kappa shape index (κ2) is 7.49. The summed E-state index contributed by atoms with van der Waals surface area (Å²) in [5.41, 5.74) is 5.28. The normalized spacial score (nSPS) is 19.5. The summed E-state index contributed by atoms with van der Waals surface area (Å²) in [4.78, 5) is 25.5. The van der Waals surface area contributed by atoms with Crippen LogP contribution in [-0.2, 0) is 9.59 Å². The molecule has 0 aliphatic carbocycles. The van der Waals surface area contributed by atoms with Crippen LogP contribution in [-0.4, -0.2) is 35.4 Å². The van der Waals surface area contributed by atoms with Crippen LogP contribution in [0.25, 0.3) is 0 Å². The Hall–Kier alpha value is -1.75. The third-order valence-corrected chi connectivity index (χ3v) is 4.04. The number of benzene rings is 1. The van der Waals surface area contributed by atoms with Crippen LogP contribution in [0.2, 0.25) is 5.02 Å². The molecule has 1 heterocycles. The summed E-state index contributed by atoms with van der Waals surface area (Å²) < 4.78 is 5.67. The number of ether oxygens (including phenoxy) is 1. The third kappa shape index (κ3) is 4.37. The fourth-order valence-corrected chi connectivity index (χ4v) is 2.94. The van der Waals surface area contributed by atoms with Gasteiger partial charge in [0, 0.05) is 24.0 Å². The standard InChI is InChI=1S/C16H21ClN2O3/c1-11(22-14-7-4-5-12(17)9-14)16(21)19-8-3-2-6-13(19)10-15(18)20/h4-5,7,9,11,13H,2-3,6,8,10H2,1H3,(H2,18,20)/t11-,13+/m1/s1. The van der Waals surface area contributed by atoms with Gasteiger partial charge in [-0.3, -0.25) is 9.59 Å². The summed E-state index contributed by atoms with van der Waals surface area (Å²) in [6.45, 7) is 2.35. The van der Waals surface area contributed by atoms with Gasteiger partial charge in [0.15, 0.2) is 6.10 Å². The molecule has 1 saturated heterocycles. The van der Waals surface area contributed by atoms with E-state index in [2.05, 4.69) is 0 Å². The molecule has 6 heteroatoms. The van der Waals surface area contributed by atoms with Crippen molar-refractivity contribution in [3.63, 3.8) is 0 Å². The predicted octanol–water partition coefficient (Wildman–Crippen LogP) is 2.36. The predicted molar refractivity (Wildman–Crippen MR) is 84.7 cm³/mol. The fraction of sp³-hybridized carbons (Fsp3) is 0.500. The average molecular weight is 325 g/mol. The number of piperidine rings is 1. The van der Waals surface area contributed by atoms with E-state index in [0.717, 1.165) is 19.3 Å². The summed E-state index contributed by atoms with van der Waals surface area (Å²) in [6.07, 6.45) is 2.32. The van der Waals surface area contributed by atoms with Gasteiger partial charge in [0.2, 0.25) is 5.91 Å². The van der Waals surface area contributed by atoms with E-state index in [-0.39, 0.29) is 24.3 Å². The number of halogens is 1. The fourth-order valence-electron chi connectivity index (χ4n) is 2.76. The monoisotopic (exact) mass is 324 g/mol. The smallest absolute Gasteiger partial charge is 0.263 e. The number of carbonyl (C=O) groups is 2. The molecule has 2 N–H and O–H groups in total. The quantitative estimate of drug-likeness (QED) is 0.903. The maximum atomic E-state index is 12.6. The Balaban J connectivity index is 2.02. The molecule has 120 valence electrons. The van der Waals surface area contributed by atoms with Gasteiger partial charge in [-0.25, -0.2) is 0 Å². The number of nitrogens with two attached hydrogens (primary N) is 1. The van der Waals surface area contributed by atoms with Gasteiger partial charge < -0.3 is 15.4 Å². The highest BCUT2D eigenvalue weighted by Crippen LogP contribution is 2.23. The zero-order chi connectivity index (χ0) is 16.1. The molecule has 1 fully saturated rings. The van der Waals surface area contributed by atoms with Crippen molar-refractivity contribution in [1.29, 1.82) is 0 Å². The van der Waals surface area contributed by atoms with Crippen molar-refractivity contribution in [1.82, 2.24) is 4.90 Å². The zero-order valence-corrected chi connectivity index (χ0v) is 13.4. The molecular formula is C16H21ClN2O3. The molecule has 5 nitrogen and oxygen atoms in total. The molecule has 0 unspecified atom stereocenters. The van der Waals surface area contributed by atoms with Crippen LogP contribution in [0, 0.1) is 0 Å². The third-order valence-electron chi connectivity index (χ3n) is 3.80. The molecule has 0 aromatic heterocycles. The Morgan fingerprint density at radius 3 is 2.91 bits per heavy atom. The Bertz CT molecular complexity index is 550. The summed E-state index contributed by atoms with van der Waals surface area (Å²) in [7, 11) is 0. The molecule has 2 atom stereocenters. The highest BCUT2D eigenvalue weighted by Gasteiger charge is 2.31. The number of nitrogens with zero attached hydrogens (tertiary/aromatic N) is 1. The van der Waals surface area contributed by atoms with Crippen LogP contribution in [0.4, 0.5) is 0 Å². The molecule has 2 amide bonds. The topological polar surface area (TPSA) is 72.6 Å². The second-order valence-electron chi connectivity index (χ2n) is 5.57. The van der Waals surface area contributed by atoms with Crippen molar-refractivity contribution < 1.29 is 14.3 Å². The van der Waals surface area contributed by atoms with Crippen molar-refractivity contribution in [2.24, 2.45) is 5.73 Å². The van der Waals surface area contributed by atoms with Gasteiger partial charge in [-0.15, -0.1) is 0 Å². The van der Waals surface area contributed by atoms with E-state index in [9.17, 15) is 9.59 Å². The molecule has 1 aliphatic heterocycles. The zero-order valence-electron chi connectivity index (χ0n) is 12.6. The number of primary amides is 1. The average Bonchev–Trinajstić information content (AvgIpc) is 2.46. The van der Waals surface area contributed by atoms with Crippen molar-refractivity contribution >= 4 is 23.4 Å². The van der Waals surface area contributed by atoms with Crippen molar-refractivity contribution in [3.05, 3.63) is 29.3 Å². The summed E-state index contributed by atoms with van der Waals surface area (Å²) in [5, 5.41) is 0.557. The lowest BCUT2D eigenvalue weighted by atomic mass is 9.98. The number of amides is 2. The highest BCUT2D eigenvalue weighted by atomic mass is 35.5. The lowest BCUT2D eigenvalue weighted by Crippen LogP contribution is -2.50. The first-order chi connectivity index (χ1) is 10.5. The lowest BCUT2D eigenvalue weighted by Gasteiger charge is -2.36. The Morgan fingerprint density at radius 1 is 1.45 bits per heavy atom. The first-order valence-corrected chi connectivity index (χ1v) is 7.86. The molecule has 22 heavy (non-hydrogen) atoms. The van der Waals surface area contributed by atoms with Gasteiger partial charge in [-0.1, -0.05) is 17.7 Å². The Labute approximate surface area is 135 Å². The van der Waals surface area contributed by atoms with Crippen LogP contribution in [0.15, 0.2) is 24.3 Å². The van der Waals surface area contributed by atoms with E-state index in [4.69, 9.17) is 22.1 Å². The van der Waals surface area contributed by atoms with Crippen molar-refractivity contribution in [2.45, 2.75) is 44.8 Å². The van der Waals surface area contributed by atoms with Gasteiger partial charge in [0.1, 0.15) is 5.75 Å². The molecule has 1 aliphatic rings. The van der Waals surface area contributed by atoms with Gasteiger partial charge in [-0.2, -0.15) is 0 Å². The number of carbonyl (C=O) groups excluding carboxylic acids is 2. The minimum Gasteiger partial charge on any atom is -0.481 e. The van der Waals surface area contributed by atoms with Crippen molar-refractivity contribution in [3.8, 4) is 5.75 Å². The lowest BCUT2D eigenvalue weighted by molar-refractivity contribution is -0.142. The van der Waals surface area contributed by atoms with Crippen LogP contribution >= 0.6 is 11.6 Å². The van der Waals surface area contributed by atoms with Crippen LogP contribution in [0.3, 0.4) is 0 Å². The molecule has 2 rings (SSSR count). The van der Waals surface area contributed by atoms with E-state index in [0.29, 0.717) is 17.3 Å². The van der Waals surface area contributed by atoms with Gasteiger partial charge in [0.05, 0.1) is 0 Å². The number of likely N-dealkylation sites (tertiary alicyclic amines) is 1. The molecule has 0 spiro atoms. The van der Waals surface area contributed by atoms with Crippen LogP contribution < -0.4 is 10.5 Å². The maximum Gasteiger partial charge on any atom is 0.263 e. The molecule has 0 saturated carbocycles. The minimum atomic E-state index is -0.632. The number of rotatable bonds is 5. The Kier molecular flexibility index (Phi) is 5.66. The molecule has 1 aromatic rings. The van der Waals surface area contributed by atoms with E-state index >= 15 is 0 Å². The first-order valence-electron chi connectivity index (χ1n) is 7.48. The molecule has 0 radical (unpaired) electrons. The summed E-state index contributed by atoms with van der Waals surface area (Å²) in [5.74, 6) is 0.0517. The molecular weight excluding hydrogens is 304 g/mol. The van der Waals surface area contributed by atoms with E-state index in [1.165, 1.54) is 0 Å². The highest BCUT2D eigenvalue weighted by molar-refractivity contribution is 6.30.